The third-order valence-electron chi connectivity index (χ3n) is 6.09. The normalized spacial score (nSPS) is 23.3. The summed E-state index contributed by atoms with van der Waals surface area (Å²) in [7, 11) is 1.54. The van der Waals surface area contributed by atoms with E-state index in [2.05, 4.69) is 28.2 Å². The second-order valence-electron chi connectivity index (χ2n) is 7.98. The number of hydrogen-bond acceptors (Lipinski definition) is 5. The standard InChI is InChI=1S/C22H28N4O3/c1-3-9-25-13-16-10-17(14-25)19(26-18(16)5-4-6-21(26)27)12-24-22(28)15-7-8-20(29-2)23-11-15/h4-8,11,16-17,19H,3,9-10,12-14H2,1-2H3,(H,24,28)/t16-,17+,19+/m1/s1. The van der Waals surface area contributed by atoms with Crippen LogP contribution in [0.5, 0.6) is 5.88 Å². The van der Waals surface area contributed by atoms with Crippen molar-refractivity contribution in [2.75, 3.05) is 33.3 Å². The van der Waals surface area contributed by atoms with Crippen LogP contribution in [-0.4, -0.2) is 53.6 Å². The molecule has 0 aromatic carbocycles. The van der Waals surface area contributed by atoms with E-state index >= 15 is 0 Å². The Morgan fingerprint density at radius 3 is 2.86 bits per heavy atom. The van der Waals surface area contributed by atoms with Crippen LogP contribution >= 0.6 is 0 Å². The lowest BCUT2D eigenvalue weighted by atomic mass is 9.78. The number of fused-ring (bicyclic) bond motifs is 4. The van der Waals surface area contributed by atoms with Gasteiger partial charge < -0.3 is 19.5 Å². The van der Waals surface area contributed by atoms with Crippen molar-refractivity contribution in [2.24, 2.45) is 5.92 Å². The highest BCUT2D eigenvalue weighted by Crippen LogP contribution is 2.40. The van der Waals surface area contributed by atoms with Crippen molar-refractivity contribution in [1.82, 2.24) is 19.8 Å². The van der Waals surface area contributed by atoms with Gasteiger partial charge in [-0.2, -0.15) is 0 Å². The highest BCUT2D eigenvalue weighted by atomic mass is 16.5. The van der Waals surface area contributed by atoms with Crippen molar-refractivity contribution >= 4 is 5.91 Å². The van der Waals surface area contributed by atoms with E-state index in [9.17, 15) is 9.59 Å². The fourth-order valence-electron chi connectivity index (χ4n) is 4.83. The average molecular weight is 396 g/mol. The van der Waals surface area contributed by atoms with Crippen LogP contribution in [0.4, 0.5) is 0 Å². The zero-order chi connectivity index (χ0) is 20.4. The van der Waals surface area contributed by atoms with Gasteiger partial charge in [-0.1, -0.05) is 13.0 Å². The highest BCUT2D eigenvalue weighted by molar-refractivity contribution is 5.93. The van der Waals surface area contributed by atoms with Crippen LogP contribution in [0.1, 0.15) is 47.8 Å². The molecule has 154 valence electrons. The summed E-state index contributed by atoms with van der Waals surface area (Å²) < 4.78 is 6.97. The quantitative estimate of drug-likeness (QED) is 0.809. The van der Waals surface area contributed by atoms with Crippen molar-refractivity contribution in [3.63, 3.8) is 0 Å². The van der Waals surface area contributed by atoms with Crippen molar-refractivity contribution in [1.29, 1.82) is 0 Å². The van der Waals surface area contributed by atoms with Crippen molar-refractivity contribution in [3.05, 3.63) is 58.1 Å². The molecular formula is C22H28N4O3. The molecule has 1 saturated heterocycles. The molecule has 1 N–H and O–H groups in total. The fraction of sp³-hybridized carbons (Fsp3) is 0.500. The molecule has 2 bridgehead atoms. The van der Waals surface area contributed by atoms with Crippen LogP contribution in [0.2, 0.25) is 0 Å². The number of carbonyl (C=O) groups excluding carboxylic acids is 1. The van der Waals surface area contributed by atoms with Gasteiger partial charge in [0.1, 0.15) is 0 Å². The minimum absolute atomic E-state index is 0.0199. The largest absolute Gasteiger partial charge is 0.481 e. The van der Waals surface area contributed by atoms with Gasteiger partial charge >= 0.3 is 0 Å². The summed E-state index contributed by atoms with van der Waals surface area (Å²) in [6.45, 7) is 5.67. The molecule has 1 amide bonds. The summed E-state index contributed by atoms with van der Waals surface area (Å²) in [6, 6.07) is 8.87. The van der Waals surface area contributed by atoms with Gasteiger partial charge in [0.25, 0.3) is 11.5 Å². The molecule has 2 aliphatic rings. The third kappa shape index (κ3) is 3.92. The molecule has 0 unspecified atom stereocenters. The summed E-state index contributed by atoms with van der Waals surface area (Å²) in [5, 5.41) is 3.03. The third-order valence-corrected chi connectivity index (χ3v) is 6.09. The summed E-state index contributed by atoms with van der Waals surface area (Å²) in [4.78, 5) is 31.9. The molecule has 0 spiro atoms. The van der Waals surface area contributed by atoms with Gasteiger partial charge in [0.15, 0.2) is 0 Å². The fourth-order valence-corrected chi connectivity index (χ4v) is 4.83. The number of likely N-dealkylation sites (tertiary alicyclic amines) is 1. The van der Waals surface area contributed by atoms with Crippen LogP contribution in [0, 0.1) is 5.92 Å². The van der Waals surface area contributed by atoms with E-state index in [-0.39, 0.29) is 17.5 Å². The number of ether oxygens (including phenoxy) is 1. The maximum Gasteiger partial charge on any atom is 0.252 e. The number of nitrogens with one attached hydrogen (secondary N) is 1. The number of aromatic nitrogens is 2. The van der Waals surface area contributed by atoms with Crippen LogP contribution in [0.15, 0.2) is 41.3 Å². The van der Waals surface area contributed by atoms with Crippen molar-refractivity contribution in [2.45, 2.75) is 31.7 Å². The Kier molecular flexibility index (Phi) is 5.67. The Balaban J connectivity index is 1.56. The lowest BCUT2D eigenvalue weighted by Crippen LogP contribution is -2.52. The molecule has 4 rings (SSSR count). The minimum Gasteiger partial charge on any atom is -0.481 e. The first-order valence-electron chi connectivity index (χ1n) is 10.3. The Labute approximate surface area is 170 Å². The Bertz CT molecular complexity index is 924. The first-order valence-corrected chi connectivity index (χ1v) is 10.3. The van der Waals surface area contributed by atoms with E-state index < -0.39 is 0 Å². The number of hydrogen-bond donors (Lipinski definition) is 1. The summed E-state index contributed by atoms with van der Waals surface area (Å²) >= 11 is 0. The Hall–Kier alpha value is -2.67. The minimum atomic E-state index is -0.186. The van der Waals surface area contributed by atoms with E-state index in [1.54, 1.807) is 25.3 Å². The molecule has 7 nitrogen and oxygen atoms in total. The molecule has 2 aromatic rings. The zero-order valence-corrected chi connectivity index (χ0v) is 17.0. The second-order valence-corrected chi connectivity index (χ2v) is 7.98. The molecule has 1 fully saturated rings. The SMILES string of the molecule is CCCN1C[C@H]2C[C@@H](C1)[C@H](CNC(=O)c1ccc(OC)nc1)n1c2cccc1=O. The van der Waals surface area contributed by atoms with E-state index in [0.717, 1.165) is 38.2 Å². The predicted octanol–water partition coefficient (Wildman–Crippen LogP) is 2.05. The second kappa shape index (κ2) is 8.37. The first kappa shape index (κ1) is 19.6. The topological polar surface area (TPSA) is 76.5 Å². The molecule has 0 aliphatic carbocycles. The van der Waals surface area contributed by atoms with E-state index in [0.29, 0.717) is 29.8 Å². The highest BCUT2D eigenvalue weighted by Gasteiger charge is 2.40. The maximum atomic E-state index is 12.7. The first-order chi connectivity index (χ1) is 14.1. The molecule has 2 aromatic heterocycles. The van der Waals surface area contributed by atoms with E-state index in [1.165, 1.54) is 6.20 Å². The Morgan fingerprint density at radius 1 is 1.28 bits per heavy atom. The average Bonchev–Trinajstić information content (AvgIpc) is 2.74. The number of nitrogens with zero attached hydrogens (tertiary/aromatic N) is 3. The van der Waals surface area contributed by atoms with Gasteiger partial charge in [-0.05, 0) is 37.4 Å². The van der Waals surface area contributed by atoms with Crippen molar-refractivity contribution in [3.8, 4) is 5.88 Å². The number of methoxy groups -OCH3 is 1. The molecule has 0 radical (unpaired) electrons. The van der Waals surface area contributed by atoms with Gasteiger partial charge in [0.2, 0.25) is 5.88 Å². The zero-order valence-electron chi connectivity index (χ0n) is 17.0. The Morgan fingerprint density at radius 2 is 2.14 bits per heavy atom. The van der Waals surface area contributed by atoms with Crippen LogP contribution < -0.4 is 15.6 Å². The molecule has 29 heavy (non-hydrogen) atoms. The summed E-state index contributed by atoms with van der Waals surface area (Å²) in [5.74, 6) is 1.02. The van der Waals surface area contributed by atoms with E-state index in [1.807, 2.05) is 10.6 Å². The smallest absolute Gasteiger partial charge is 0.252 e. The lowest BCUT2D eigenvalue weighted by molar-refractivity contribution is 0.0820. The summed E-state index contributed by atoms with van der Waals surface area (Å²) in [5.41, 5.74) is 1.60. The van der Waals surface area contributed by atoms with Gasteiger partial charge in [-0.25, -0.2) is 4.98 Å². The number of pyridine rings is 2. The lowest BCUT2D eigenvalue weighted by Gasteiger charge is -2.47. The van der Waals surface area contributed by atoms with Crippen LogP contribution in [-0.2, 0) is 0 Å². The summed E-state index contributed by atoms with van der Waals surface area (Å²) in [6.07, 6.45) is 3.69. The molecule has 4 heterocycles. The van der Waals surface area contributed by atoms with Gasteiger partial charge in [0, 0.05) is 49.6 Å². The number of carbonyl (C=O) groups is 1. The monoisotopic (exact) mass is 396 g/mol. The molecule has 2 aliphatic heterocycles. The molecule has 3 atom stereocenters. The number of rotatable bonds is 6. The van der Waals surface area contributed by atoms with E-state index in [4.69, 9.17) is 4.74 Å². The number of piperidine rings is 1. The van der Waals surface area contributed by atoms with Gasteiger partial charge in [-0.3, -0.25) is 9.59 Å². The molecule has 7 heteroatoms. The predicted molar refractivity (Wildman–Crippen MR) is 110 cm³/mol. The molecular weight excluding hydrogens is 368 g/mol. The van der Waals surface area contributed by atoms with Crippen LogP contribution in [0.3, 0.4) is 0 Å². The van der Waals surface area contributed by atoms with Gasteiger partial charge in [-0.15, -0.1) is 0 Å². The number of amides is 1. The van der Waals surface area contributed by atoms with Crippen LogP contribution in [0.25, 0.3) is 0 Å². The van der Waals surface area contributed by atoms with Crippen molar-refractivity contribution < 1.29 is 9.53 Å². The molecule has 0 saturated carbocycles. The van der Waals surface area contributed by atoms with Gasteiger partial charge in [0.05, 0.1) is 18.7 Å². The maximum absolute atomic E-state index is 12.7.